The van der Waals surface area contributed by atoms with Crippen molar-refractivity contribution >= 4 is 11.7 Å². The minimum absolute atomic E-state index is 0.0648. The number of carbonyl (C=O) groups is 1. The molecule has 0 aliphatic heterocycles. The molecule has 4 atom stereocenters. The first-order chi connectivity index (χ1) is 12.4. The number of benzene rings is 1. The van der Waals surface area contributed by atoms with Crippen LogP contribution in [0.4, 0.5) is 5.69 Å². The van der Waals surface area contributed by atoms with Gasteiger partial charge in [0, 0.05) is 11.7 Å². The zero-order chi connectivity index (χ0) is 18.3. The van der Waals surface area contributed by atoms with Gasteiger partial charge in [0.2, 0.25) is 0 Å². The predicted molar refractivity (Wildman–Crippen MR) is 105 cm³/mol. The Kier molecular flexibility index (Phi) is 4.75. The minimum atomic E-state index is -0.655. The fourth-order valence-corrected chi connectivity index (χ4v) is 6.27. The number of anilines is 1. The fourth-order valence-electron chi connectivity index (χ4n) is 6.27. The third-order valence-corrected chi connectivity index (χ3v) is 7.52. The van der Waals surface area contributed by atoms with Crippen molar-refractivity contribution in [1.82, 2.24) is 0 Å². The van der Waals surface area contributed by atoms with E-state index in [1.807, 2.05) is 0 Å². The monoisotopic (exact) mass is 355 g/mol. The molecular weight excluding hydrogens is 322 g/mol. The summed E-state index contributed by atoms with van der Waals surface area (Å²) in [5.74, 6) is 1.85. The zero-order valence-corrected chi connectivity index (χ0v) is 16.2. The van der Waals surface area contributed by atoms with E-state index in [0.29, 0.717) is 5.41 Å². The second-order valence-corrected chi connectivity index (χ2v) is 9.62. The molecule has 0 heterocycles. The summed E-state index contributed by atoms with van der Waals surface area (Å²) in [4.78, 5) is 11.5. The molecule has 0 aromatic heterocycles. The van der Waals surface area contributed by atoms with Crippen molar-refractivity contribution in [2.24, 2.45) is 23.7 Å². The average molecular weight is 356 g/mol. The van der Waals surface area contributed by atoms with Gasteiger partial charge < -0.3 is 10.4 Å². The van der Waals surface area contributed by atoms with E-state index < -0.39 is 5.97 Å². The van der Waals surface area contributed by atoms with Crippen LogP contribution < -0.4 is 5.32 Å². The Morgan fingerprint density at radius 3 is 2.31 bits per heavy atom. The minimum Gasteiger partial charge on any atom is -0.481 e. The third kappa shape index (κ3) is 3.37. The molecule has 3 saturated carbocycles. The molecule has 0 amide bonds. The summed E-state index contributed by atoms with van der Waals surface area (Å²) < 4.78 is 0. The predicted octanol–water partition coefficient (Wildman–Crippen LogP) is 5.46. The number of carboxylic acids is 1. The lowest BCUT2D eigenvalue weighted by molar-refractivity contribution is -0.143. The summed E-state index contributed by atoms with van der Waals surface area (Å²) >= 11 is 0. The van der Waals surface area contributed by atoms with E-state index >= 15 is 0 Å². The van der Waals surface area contributed by atoms with Crippen molar-refractivity contribution < 1.29 is 9.90 Å². The van der Waals surface area contributed by atoms with Crippen molar-refractivity contribution in [3.63, 3.8) is 0 Å². The second-order valence-electron chi connectivity index (χ2n) is 9.62. The Morgan fingerprint density at radius 1 is 1.08 bits per heavy atom. The highest BCUT2D eigenvalue weighted by atomic mass is 16.4. The maximum atomic E-state index is 11.5. The van der Waals surface area contributed by atoms with Crippen molar-refractivity contribution in [1.29, 1.82) is 0 Å². The number of hydrogen-bond acceptors (Lipinski definition) is 2. The van der Waals surface area contributed by atoms with Crippen LogP contribution in [0.5, 0.6) is 0 Å². The fraction of sp³-hybridized carbons (Fsp3) is 0.696. The Labute approximate surface area is 157 Å². The van der Waals surface area contributed by atoms with Crippen LogP contribution in [0.15, 0.2) is 24.3 Å². The Morgan fingerprint density at radius 2 is 1.69 bits per heavy atom. The topological polar surface area (TPSA) is 49.3 Å². The SMILES string of the molecule is CC1CC2CC(C)(c3ccc(NC4CCCCC4C(=O)O)cc3)CC2C1. The van der Waals surface area contributed by atoms with E-state index in [1.54, 1.807) is 0 Å². The van der Waals surface area contributed by atoms with Crippen molar-refractivity contribution in [2.75, 3.05) is 5.32 Å². The molecule has 0 radical (unpaired) electrons. The highest BCUT2D eigenvalue weighted by Gasteiger charge is 2.46. The van der Waals surface area contributed by atoms with Gasteiger partial charge in [-0.3, -0.25) is 4.79 Å². The maximum Gasteiger partial charge on any atom is 0.308 e. The maximum absolute atomic E-state index is 11.5. The number of rotatable bonds is 4. The van der Waals surface area contributed by atoms with E-state index in [4.69, 9.17) is 0 Å². The summed E-state index contributed by atoms with van der Waals surface area (Å²) in [6.07, 6.45) is 9.40. The van der Waals surface area contributed by atoms with E-state index in [2.05, 4.69) is 43.4 Å². The molecule has 142 valence electrons. The lowest BCUT2D eigenvalue weighted by Gasteiger charge is -2.31. The van der Waals surface area contributed by atoms with Crippen LogP contribution in [-0.4, -0.2) is 17.1 Å². The van der Waals surface area contributed by atoms with E-state index in [1.165, 1.54) is 31.2 Å². The summed E-state index contributed by atoms with van der Waals surface area (Å²) in [6, 6.07) is 8.97. The van der Waals surface area contributed by atoms with Gasteiger partial charge in [-0.25, -0.2) is 0 Å². The number of fused-ring (bicyclic) bond motifs is 1. The van der Waals surface area contributed by atoms with Crippen LogP contribution in [0.25, 0.3) is 0 Å². The molecule has 4 rings (SSSR count). The average Bonchev–Trinajstić information content (AvgIpc) is 3.09. The first kappa shape index (κ1) is 17.9. The molecule has 3 fully saturated rings. The molecule has 0 spiro atoms. The standard InChI is InChI=1S/C23H33NO2/c1-15-11-16-13-23(2,14-17(16)12-15)18-7-9-19(10-8-18)24-21-6-4-3-5-20(21)22(25)26/h7-10,15-17,20-21,24H,3-6,11-14H2,1-2H3,(H,25,26). The Hall–Kier alpha value is -1.51. The number of aliphatic carboxylic acids is 1. The molecule has 3 heteroatoms. The molecule has 3 aliphatic carbocycles. The molecule has 0 bridgehead atoms. The van der Waals surface area contributed by atoms with Gasteiger partial charge in [0.05, 0.1) is 5.92 Å². The summed E-state index contributed by atoms with van der Waals surface area (Å²) in [5.41, 5.74) is 2.86. The largest absolute Gasteiger partial charge is 0.481 e. The molecule has 1 aromatic carbocycles. The quantitative estimate of drug-likeness (QED) is 0.754. The third-order valence-electron chi connectivity index (χ3n) is 7.52. The number of carboxylic acid groups (broad SMARTS) is 1. The van der Waals surface area contributed by atoms with E-state index in [9.17, 15) is 9.90 Å². The Bertz CT molecular complexity index is 639. The van der Waals surface area contributed by atoms with Gasteiger partial charge in [-0.05, 0) is 79.4 Å². The lowest BCUT2D eigenvalue weighted by atomic mass is 9.78. The van der Waals surface area contributed by atoms with Crippen LogP contribution in [0, 0.1) is 23.7 Å². The molecule has 4 unspecified atom stereocenters. The zero-order valence-electron chi connectivity index (χ0n) is 16.2. The first-order valence-corrected chi connectivity index (χ1v) is 10.5. The van der Waals surface area contributed by atoms with E-state index in [-0.39, 0.29) is 12.0 Å². The van der Waals surface area contributed by atoms with Crippen LogP contribution in [0.1, 0.15) is 70.8 Å². The second kappa shape index (κ2) is 6.90. The van der Waals surface area contributed by atoms with Crippen LogP contribution in [0.3, 0.4) is 0 Å². The molecule has 1 aromatic rings. The van der Waals surface area contributed by atoms with Crippen molar-refractivity contribution in [3.8, 4) is 0 Å². The smallest absolute Gasteiger partial charge is 0.308 e. The van der Waals surface area contributed by atoms with Crippen molar-refractivity contribution in [3.05, 3.63) is 29.8 Å². The summed E-state index contributed by atoms with van der Waals surface area (Å²) in [5, 5.41) is 13.0. The van der Waals surface area contributed by atoms with Crippen molar-refractivity contribution in [2.45, 2.75) is 76.7 Å². The Balaban J connectivity index is 1.43. The lowest BCUT2D eigenvalue weighted by Crippen LogP contribution is -2.37. The number of nitrogens with one attached hydrogen (secondary N) is 1. The van der Waals surface area contributed by atoms with Gasteiger partial charge in [0.25, 0.3) is 0 Å². The van der Waals surface area contributed by atoms with Gasteiger partial charge in [-0.1, -0.05) is 38.8 Å². The van der Waals surface area contributed by atoms with Crippen LogP contribution in [0.2, 0.25) is 0 Å². The molecule has 0 saturated heterocycles. The molecule has 3 nitrogen and oxygen atoms in total. The molecular formula is C23H33NO2. The highest BCUT2D eigenvalue weighted by Crippen LogP contribution is 2.55. The first-order valence-electron chi connectivity index (χ1n) is 10.5. The van der Waals surface area contributed by atoms with Gasteiger partial charge in [-0.2, -0.15) is 0 Å². The summed E-state index contributed by atoms with van der Waals surface area (Å²) in [6.45, 7) is 4.85. The number of hydrogen-bond donors (Lipinski definition) is 2. The van der Waals surface area contributed by atoms with Gasteiger partial charge in [0.1, 0.15) is 0 Å². The highest BCUT2D eigenvalue weighted by molar-refractivity contribution is 5.72. The van der Waals surface area contributed by atoms with Crippen LogP contribution >= 0.6 is 0 Å². The molecule has 26 heavy (non-hydrogen) atoms. The van der Waals surface area contributed by atoms with Crippen LogP contribution in [-0.2, 0) is 10.2 Å². The normalized spacial score (nSPS) is 39.5. The molecule has 2 N–H and O–H groups in total. The van der Waals surface area contributed by atoms with E-state index in [0.717, 1.165) is 49.1 Å². The molecule has 3 aliphatic rings. The van der Waals surface area contributed by atoms with Gasteiger partial charge in [0.15, 0.2) is 0 Å². The van der Waals surface area contributed by atoms with Gasteiger partial charge in [-0.15, -0.1) is 0 Å². The summed E-state index contributed by atoms with van der Waals surface area (Å²) in [7, 11) is 0. The van der Waals surface area contributed by atoms with Gasteiger partial charge >= 0.3 is 5.97 Å².